The second kappa shape index (κ2) is 5.30. The minimum atomic E-state index is -0.0319. The Morgan fingerprint density at radius 2 is 1.94 bits per heavy atom. The molecule has 88 valence electrons. The van der Waals surface area contributed by atoms with Crippen LogP contribution in [0.1, 0.15) is 22.7 Å². The van der Waals surface area contributed by atoms with E-state index in [4.69, 9.17) is 17.3 Å². The summed E-state index contributed by atoms with van der Waals surface area (Å²) >= 11 is 6.06. The highest BCUT2D eigenvalue weighted by atomic mass is 35.5. The first-order chi connectivity index (χ1) is 8.16. The van der Waals surface area contributed by atoms with Crippen LogP contribution in [0.25, 0.3) is 0 Å². The van der Waals surface area contributed by atoms with Crippen LogP contribution < -0.4 is 5.73 Å². The average Bonchev–Trinajstić information content (AvgIpc) is 2.33. The van der Waals surface area contributed by atoms with E-state index in [1.165, 1.54) is 5.56 Å². The zero-order valence-corrected chi connectivity index (χ0v) is 10.5. The third kappa shape index (κ3) is 3.05. The van der Waals surface area contributed by atoms with Crippen molar-refractivity contribution in [3.05, 3.63) is 64.4 Å². The standard InChI is InChI=1S/C14H15ClN2/c1-10-2-4-11(5-3-10)14(16)8-12-6-7-17-9-13(12)15/h2-7,9,14H,8,16H2,1H3. The van der Waals surface area contributed by atoms with Gasteiger partial charge in [-0.2, -0.15) is 0 Å². The van der Waals surface area contributed by atoms with E-state index in [9.17, 15) is 0 Å². The van der Waals surface area contributed by atoms with Crippen molar-refractivity contribution in [2.45, 2.75) is 19.4 Å². The maximum absolute atomic E-state index is 6.17. The average molecular weight is 247 g/mol. The van der Waals surface area contributed by atoms with E-state index >= 15 is 0 Å². The Morgan fingerprint density at radius 1 is 1.24 bits per heavy atom. The summed E-state index contributed by atoms with van der Waals surface area (Å²) in [6, 6.07) is 10.2. The first-order valence-corrected chi connectivity index (χ1v) is 5.95. The van der Waals surface area contributed by atoms with Gasteiger partial charge in [-0.05, 0) is 30.5 Å². The van der Waals surface area contributed by atoms with Crippen molar-refractivity contribution in [3.63, 3.8) is 0 Å². The summed E-state index contributed by atoms with van der Waals surface area (Å²) in [7, 11) is 0. The molecule has 2 aromatic rings. The van der Waals surface area contributed by atoms with Crippen molar-refractivity contribution >= 4 is 11.6 Å². The molecule has 1 heterocycles. The fourth-order valence-corrected chi connectivity index (χ4v) is 1.93. The second-order valence-electron chi connectivity index (χ2n) is 4.19. The molecule has 0 aliphatic rings. The van der Waals surface area contributed by atoms with Gasteiger partial charge in [0, 0.05) is 18.4 Å². The molecule has 1 aromatic heterocycles. The molecular formula is C14H15ClN2. The normalized spacial score (nSPS) is 12.4. The van der Waals surface area contributed by atoms with Crippen LogP contribution in [-0.4, -0.2) is 4.98 Å². The molecule has 2 nitrogen and oxygen atoms in total. The van der Waals surface area contributed by atoms with Crippen LogP contribution in [0.3, 0.4) is 0 Å². The molecule has 2 N–H and O–H groups in total. The lowest BCUT2D eigenvalue weighted by molar-refractivity contribution is 0.721. The molecule has 1 aromatic carbocycles. The minimum Gasteiger partial charge on any atom is -0.324 e. The number of pyridine rings is 1. The topological polar surface area (TPSA) is 38.9 Å². The van der Waals surface area contributed by atoms with Gasteiger partial charge in [-0.15, -0.1) is 0 Å². The highest BCUT2D eigenvalue weighted by Crippen LogP contribution is 2.21. The molecule has 0 radical (unpaired) electrons. The lowest BCUT2D eigenvalue weighted by atomic mass is 9.99. The van der Waals surface area contributed by atoms with Crippen LogP contribution in [-0.2, 0) is 6.42 Å². The molecule has 0 fully saturated rings. The smallest absolute Gasteiger partial charge is 0.0622 e. The number of hydrogen-bond donors (Lipinski definition) is 1. The van der Waals surface area contributed by atoms with Crippen LogP contribution in [0.15, 0.2) is 42.7 Å². The predicted octanol–water partition coefficient (Wildman–Crippen LogP) is 3.29. The van der Waals surface area contributed by atoms with Crippen molar-refractivity contribution in [1.29, 1.82) is 0 Å². The molecule has 3 heteroatoms. The number of aromatic nitrogens is 1. The zero-order valence-electron chi connectivity index (χ0n) is 9.73. The van der Waals surface area contributed by atoms with Gasteiger partial charge in [0.25, 0.3) is 0 Å². The van der Waals surface area contributed by atoms with E-state index in [1.54, 1.807) is 12.4 Å². The molecule has 0 bridgehead atoms. The number of aryl methyl sites for hydroxylation is 1. The van der Waals surface area contributed by atoms with E-state index in [2.05, 4.69) is 36.2 Å². The van der Waals surface area contributed by atoms with Crippen LogP contribution >= 0.6 is 11.6 Å². The Hall–Kier alpha value is -1.38. The van der Waals surface area contributed by atoms with E-state index in [0.717, 1.165) is 17.5 Å². The fraction of sp³-hybridized carbons (Fsp3) is 0.214. The molecule has 1 atom stereocenters. The maximum Gasteiger partial charge on any atom is 0.0622 e. The largest absolute Gasteiger partial charge is 0.324 e. The van der Waals surface area contributed by atoms with Crippen molar-refractivity contribution in [3.8, 4) is 0 Å². The molecule has 0 aliphatic carbocycles. The molecule has 0 spiro atoms. The molecule has 0 aliphatic heterocycles. The molecule has 17 heavy (non-hydrogen) atoms. The number of nitrogens with two attached hydrogens (primary N) is 1. The minimum absolute atomic E-state index is 0.0319. The SMILES string of the molecule is Cc1ccc(C(N)Cc2ccncc2Cl)cc1. The van der Waals surface area contributed by atoms with Crippen LogP contribution in [0.2, 0.25) is 5.02 Å². The Kier molecular flexibility index (Phi) is 3.77. The van der Waals surface area contributed by atoms with E-state index in [0.29, 0.717) is 5.02 Å². The molecule has 2 rings (SSSR count). The van der Waals surface area contributed by atoms with Gasteiger partial charge >= 0.3 is 0 Å². The summed E-state index contributed by atoms with van der Waals surface area (Å²) in [4.78, 5) is 3.96. The third-order valence-electron chi connectivity index (χ3n) is 2.80. The summed E-state index contributed by atoms with van der Waals surface area (Å²) in [6.45, 7) is 2.06. The summed E-state index contributed by atoms with van der Waals surface area (Å²) < 4.78 is 0. The zero-order chi connectivity index (χ0) is 12.3. The first kappa shape index (κ1) is 12.1. The first-order valence-electron chi connectivity index (χ1n) is 5.57. The van der Waals surface area contributed by atoms with Crippen molar-refractivity contribution in [1.82, 2.24) is 4.98 Å². The number of rotatable bonds is 3. The fourth-order valence-electron chi connectivity index (χ4n) is 1.74. The van der Waals surface area contributed by atoms with Crippen molar-refractivity contribution in [2.24, 2.45) is 5.73 Å². The van der Waals surface area contributed by atoms with Gasteiger partial charge in [0.1, 0.15) is 0 Å². The molecule has 0 saturated carbocycles. The van der Waals surface area contributed by atoms with Crippen LogP contribution in [0, 0.1) is 6.92 Å². The van der Waals surface area contributed by atoms with Gasteiger partial charge < -0.3 is 5.73 Å². The van der Waals surface area contributed by atoms with E-state index < -0.39 is 0 Å². The van der Waals surface area contributed by atoms with Gasteiger partial charge in [-0.25, -0.2) is 0 Å². The Balaban J connectivity index is 2.14. The second-order valence-corrected chi connectivity index (χ2v) is 4.60. The monoisotopic (exact) mass is 246 g/mol. The Morgan fingerprint density at radius 3 is 2.59 bits per heavy atom. The van der Waals surface area contributed by atoms with Gasteiger partial charge in [-0.1, -0.05) is 41.4 Å². The summed E-state index contributed by atoms with van der Waals surface area (Å²) in [5.74, 6) is 0. The third-order valence-corrected chi connectivity index (χ3v) is 3.14. The lowest BCUT2D eigenvalue weighted by Gasteiger charge is -2.13. The van der Waals surface area contributed by atoms with E-state index in [1.807, 2.05) is 6.07 Å². The number of hydrogen-bond acceptors (Lipinski definition) is 2. The van der Waals surface area contributed by atoms with Gasteiger partial charge in [0.2, 0.25) is 0 Å². The van der Waals surface area contributed by atoms with Crippen molar-refractivity contribution in [2.75, 3.05) is 0 Å². The summed E-state index contributed by atoms with van der Waals surface area (Å²) in [5, 5.41) is 0.676. The summed E-state index contributed by atoms with van der Waals surface area (Å²) in [5.41, 5.74) is 9.57. The molecular weight excluding hydrogens is 232 g/mol. The molecule has 1 unspecified atom stereocenters. The van der Waals surface area contributed by atoms with Gasteiger partial charge in [0.15, 0.2) is 0 Å². The summed E-state index contributed by atoms with van der Waals surface area (Å²) in [6.07, 6.45) is 4.12. The Labute approximate surface area is 106 Å². The predicted molar refractivity (Wildman–Crippen MR) is 71.1 cm³/mol. The van der Waals surface area contributed by atoms with E-state index in [-0.39, 0.29) is 6.04 Å². The van der Waals surface area contributed by atoms with Crippen LogP contribution in [0.5, 0.6) is 0 Å². The molecule has 0 amide bonds. The molecule has 0 saturated heterocycles. The number of nitrogens with zero attached hydrogens (tertiary/aromatic N) is 1. The lowest BCUT2D eigenvalue weighted by Crippen LogP contribution is -2.13. The van der Waals surface area contributed by atoms with Gasteiger partial charge in [-0.3, -0.25) is 4.98 Å². The highest BCUT2D eigenvalue weighted by molar-refractivity contribution is 6.31. The number of benzene rings is 1. The van der Waals surface area contributed by atoms with Crippen LogP contribution in [0.4, 0.5) is 0 Å². The van der Waals surface area contributed by atoms with Gasteiger partial charge in [0.05, 0.1) is 5.02 Å². The highest BCUT2D eigenvalue weighted by Gasteiger charge is 2.09. The van der Waals surface area contributed by atoms with Crippen molar-refractivity contribution < 1.29 is 0 Å². The Bertz CT molecular complexity index is 494. The maximum atomic E-state index is 6.17. The quantitative estimate of drug-likeness (QED) is 0.903. The number of halogens is 1.